The summed E-state index contributed by atoms with van der Waals surface area (Å²) in [4.78, 5) is 27.4. The quantitative estimate of drug-likeness (QED) is 0.436. The van der Waals surface area contributed by atoms with Gasteiger partial charge in [-0.2, -0.15) is 0 Å². The van der Waals surface area contributed by atoms with E-state index >= 15 is 0 Å². The van der Waals surface area contributed by atoms with Crippen molar-refractivity contribution in [3.8, 4) is 0 Å². The van der Waals surface area contributed by atoms with Gasteiger partial charge in [0.25, 0.3) is 5.91 Å². The molecular weight excluding hydrogens is 381 g/mol. The number of amides is 1. The summed E-state index contributed by atoms with van der Waals surface area (Å²) in [6.07, 6.45) is 0.632. The standard InChI is InChI=1S/C25H20FNO3/c26-21-12-10-19(11-13-21)17-27(15-14-18-6-2-1-3-7-18)24(28)22-16-20-8-4-5-9-23(20)30-25(22)29/h1-13,16H,14-15,17H2. The molecule has 4 nitrogen and oxygen atoms in total. The molecule has 0 atom stereocenters. The van der Waals surface area contributed by atoms with E-state index in [9.17, 15) is 14.0 Å². The lowest BCUT2D eigenvalue weighted by atomic mass is 10.1. The third-order valence-corrected chi connectivity index (χ3v) is 4.96. The summed E-state index contributed by atoms with van der Waals surface area (Å²) < 4.78 is 18.6. The van der Waals surface area contributed by atoms with Gasteiger partial charge in [-0.15, -0.1) is 0 Å². The highest BCUT2D eigenvalue weighted by molar-refractivity contribution is 5.96. The Hall–Kier alpha value is -3.73. The molecule has 5 heteroatoms. The van der Waals surface area contributed by atoms with E-state index in [1.165, 1.54) is 12.1 Å². The van der Waals surface area contributed by atoms with Crippen LogP contribution in [-0.4, -0.2) is 17.4 Å². The van der Waals surface area contributed by atoms with Gasteiger partial charge in [-0.1, -0.05) is 60.7 Å². The first-order chi connectivity index (χ1) is 14.6. The van der Waals surface area contributed by atoms with Gasteiger partial charge in [0.1, 0.15) is 17.0 Å². The van der Waals surface area contributed by atoms with Crippen molar-refractivity contribution in [2.75, 3.05) is 6.54 Å². The van der Waals surface area contributed by atoms with Crippen molar-refractivity contribution in [1.82, 2.24) is 4.90 Å². The van der Waals surface area contributed by atoms with Crippen LogP contribution in [0.15, 0.2) is 94.1 Å². The number of fused-ring (bicyclic) bond motifs is 1. The Balaban J connectivity index is 1.65. The van der Waals surface area contributed by atoms with Gasteiger partial charge < -0.3 is 9.32 Å². The number of rotatable bonds is 6. The predicted octanol–water partition coefficient (Wildman–Crippen LogP) is 4.82. The molecule has 0 N–H and O–H groups in total. The highest BCUT2D eigenvalue weighted by atomic mass is 19.1. The number of hydrogen-bond acceptors (Lipinski definition) is 3. The lowest BCUT2D eigenvalue weighted by Crippen LogP contribution is -2.35. The van der Waals surface area contributed by atoms with E-state index in [2.05, 4.69) is 0 Å². The summed E-state index contributed by atoms with van der Waals surface area (Å²) in [6.45, 7) is 0.671. The fourth-order valence-corrected chi connectivity index (χ4v) is 3.35. The van der Waals surface area contributed by atoms with Crippen molar-refractivity contribution in [2.24, 2.45) is 0 Å². The first-order valence-corrected chi connectivity index (χ1v) is 9.71. The average molecular weight is 401 g/mol. The second-order valence-corrected chi connectivity index (χ2v) is 7.07. The van der Waals surface area contributed by atoms with Crippen LogP contribution in [0.5, 0.6) is 0 Å². The van der Waals surface area contributed by atoms with E-state index in [1.807, 2.05) is 36.4 Å². The molecule has 4 aromatic rings. The normalized spacial score (nSPS) is 10.8. The molecule has 1 heterocycles. The molecule has 0 aliphatic rings. The van der Waals surface area contributed by atoms with Crippen molar-refractivity contribution in [3.05, 3.63) is 118 Å². The van der Waals surface area contributed by atoms with Gasteiger partial charge in [-0.3, -0.25) is 4.79 Å². The van der Waals surface area contributed by atoms with E-state index in [4.69, 9.17) is 4.42 Å². The van der Waals surface area contributed by atoms with E-state index in [-0.39, 0.29) is 17.9 Å². The fourth-order valence-electron chi connectivity index (χ4n) is 3.35. The first-order valence-electron chi connectivity index (χ1n) is 9.71. The van der Waals surface area contributed by atoms with Crippen molar-refractivity contribution < 1.29 is 13.6 Å². The molecule has 0 saturated heterocycles. The summed E-state index contributed by atoms with van der Waals surface area (Å²) in [7, 11) is 0. The lowest BCUT2D eigenvalue weighted by molar-refractivity contribution is 0.0741. The number of carbonyl (C=O) groups is 1. The Morgan fingerprint density at radius 3 is 2.33 bits per heavy atom. The van der Waals surface area contributed by atoms with Crippen LogP contribution < -0.4 is 5.63 Å². The zero-order valence-corrected chi connectivity index (χ0v) is 16.3. The highest BCUT2D eigenvalue weighted by Gasteiger charge is 2.21. The summed E-state index contributed by atoms with van der Waals surface area (Å²) in [5, 5.41) is 0.685. The molecule has 0 fully saturated rings. The van der Waals surface area contributed by atoms with Gasteiger partial charge >= 0.3 is 5.63 Å². The van der Waals surface area contributed by atoms with Crippen LogP contribution in [0.4, 0.5) is 4.39 Å². The molecule has 3 aromatic carbocycles. The molecule has 4 rings (SSSR count). The van der Waals surface area contributed by atoms with Gasteiger partial charge in [0.05, 0.1) is 0 Å². The van der Waals surface area contributed by atoms with Crippen LogP contribution in [0, 0.1) is 5.82 Å². The topological polar surface area (TPSA) is 50.5 Å². The zero-order valence-electron chi connectivity index (χ0n) is 16.3. The molecule has 1 aromatic heterocycles. The van der Waals surface area contributed by atoms with E-state index in [0.29, 0.717) is 23.9 Å². The van der Waals surface area contributed by atoms with E-state index in [0.717, 1.165) is 11.1 Å². The lowest BCUT2D eigenvalue weighted by Gasteiger charge is -2.23. The zero-order chi connectivity index (χ0) is 20.9. The van der Waals surface area contributed by atoms with E-state index < -0.39 is 11.5 Å². The summed E-state index contributed by atoms with van der Waals surface area (Å²) in [6, 6.07) is 24.5. The average Bonchev–Trinajstić information content (AvgIpc) is 2.77. The molecule has 0 bridgehead atoms. The number of nitrogens with zero attached hydrogens (tertiary/aromatic N) is 1. The Kier molecular flexibility index (Phi) is 5.70. The van der Waals surface area contributed by atoms with Gasteiger partial charge in [-0.05, 0) is 41.8 Å². The Labute approximate surface area is 173 Å². The number of benzene rings is 3. The molecule has 30 heavy (non-hydrogen) atoms. The molecule has 1 amide bonds. The van der Waals surface area contributed by atoms with Crippen molar-refractivity contribution in [2.45, 2.75) is 13.0 Å². The monoisotopic (exact) mass is 401 g/mol. The van der Waals surface area contributed by atoms with Crippen molar-refractivity contribution >= 4 is 16.9 Å². The Morgan fingerprint density at radius 1 is 0.867 bits per heavy atom. The number of hydrogen-bond donors (Lipinski definition) is 0. The second-order valence-electron chi connectivity index (χ2n) is 7.07. The van der Waals surface area contributed by atoms with Crippen molar-refractivity contribution in [3.63, 3.8) is 0 Å². The second kappa shape index (κ2) is 8.74. The minimum atomic E-state index is -0.664. The summed E-state index contributed by atoms with van der Waals surface area (Å²) >= 11 is 0. The molecule has 0 spiro atoms. The molecule has 0 saturated carbocycles. The maximum atomic E-state index is 13.3. The van der Waals surface area contributed by atoms with Crippen LogP contribution >= 0.6 is 0 Å². The first kappa shape index (κ1) is 19.6. The maximum Gasteiger partial charge on any atom is 0.349 e. The Morgan fingerprint density at radius 2 is 1.57 bits per heavy atom. The molecule has 150 valence electrons. The van der Waals surface area contributed by atoms with E-state index in [1.54, 1.807) is 41.3 Å². The largest absolute Gasteiger partial charge is 0.422 e. The molecule has 0 radical (unpaired) electrons. The minimum absolute atomic E-state index is 0.0103. The molecule has 0 aliphatic heterocycles. The van der Waals surface area contributed by atoms with Gasteiger partial charge in [0, 0.05) is 18.5 Å². The van der Waals surface area contributed by atoms with Crippen molar-refractivity contribution in [1.29, 1.82) is 0 Å². The van der Waals surface area contributed by atoms with Crippen LogP contribution in [0.25, 0.3) is 11.0 Å². The SMILES string of the molecule is O=C(c1cc2ccccc2oc1=O)N(CCc1ccccc1)Cc1ccc(F)cc1. The maximum absolute atomic E-state index is 13.3. The molecule has 0 aliphatic carbocycles. The fraction of sp³-hybridized carbons (Fsp3) is 0.120. The summed E-state index contributed by atoms with van der Waals surface area (Å²) in [5.74, 6) is -0.745. The highest BCUT2D eigenvalue weighted by Crippen LogP contribution is 2.16. The van der Waals surface area contributed by atoms with Crippen LogP contribution in [-0.2, 0) is 13.0 Å². The number of halogens is 1. The number of para-hydroxylation sites is 1. The van der Waals surface area contributed by atoms with Gasteiger partial charge in [-0.25, -0.2) is 9.18 Å². The molecular formula is C25H20FNO3. The van der Waals surface area contributed by atoms with Crippen LogP contribution in [0.2, 0.25) is 0 Å². The smallest absolute Gasteiger partial charge is 0.349 e. The summed E-state index contributed by atoms with van der Waals surface area (Å²) in [5.41, 5.74) is 1.63. The molecule has 0 unspecified atom stereocenters. The van der Waals surface area contributed by atoms with Gasteiger partial charge in [0.2, 0.25) is 0 Å². The van der Waals surface area contributed by atoms with Crippen LogP contribution in [0.1, 0.15) is 21.5 Å². The minimum Gasteiger partial charge on any atom is -0.422 e. The number of carbonyl (C=O) groups excluding carboxylic acids is 1. The third kappa shape index (κ3) is 4.46. The third-order valence-electron chi connectivity index (χ3n) is 4.96. The Bertz CT molecular complexity index is 1220. The van der Waals surface area contributed by atoms with Crippen LogP contribution in [0.3, 0.4) is 0 Å². The predicted molar refractivity (Wildman–Crippen MR) is 114 cm³/mol. The van der Waals surface area contributed by atoms with Gasteiger partial charge in [0.15, 0.2) is 0 Å².